The second-order valence-corrected chi connectivity index (χ2v) is 15.1. The molecule has 32 heavy (non-hydrogen) atoms. The Labute approximate surface area is 196 Å². The van der Waals surface area contributed by atoms with Crippen molar-refractivity contribution in [3.8, 4) is 0 Å². The van der Waals surface area contributed by atoms with Crippen LogP contribution in [0, 0.1) is 56.2 Å². The standard InChI is InChI=1S/C30H46O2/c1-25(2)12-8-13-27(5)20(25)11-14-29(7)21(27)10-9-19-22-23-26(3,4)15-17-30(22,24(31)32-23)18-16-28(19,29)6/h8,12,19-23H,9-11,13-18H2,1-7H3. The zero-order valence-electron chi connectivity index (χ0n) is 21.7. The number of allylic oxidation sites excluding steroid dienone is 2. The molecule has 2 heteroatoms. The predicted octanol–water partition coefficient (Wildman–Crippen LogP) is 7.57. The van der Waals surface area contributed by atoms with Gasteiger partial charge in [0.05, 0.1) is 5.41 Å². The van der Waals surface area contributed by atoms with Crippen LogP contribution in [0.2, 0.25) is 0 Å². The number of fused-ring (bicyclic) bond motifs is 5. The van der Waals surface area contributed by atoms with E-state index in [1.54, 1.807) is 0 Å². The highest BCUT2D eigenvalue weighted by molar-refractivity contribution is 5.81. The van der Waals surface area contributed by atoms with E-state index in [0.717, 1.165) is 31.1 Å². The molecule has 0 aromatic heterocycles. The lowest BCUT2D eigenvalue weighted by atomic mass is 9.32. The molecule has 5 aliphatic carbocycles. The lowest BCUT2D eigenvalue weighted by Gasteiger charge is -2.72. The molecule has 0 N–H and O–H groups in total. The second-order valence-electron chi connectivity index (χ2n) is 15.1. The van der Waals surface area contributed by atoms with Crippen molar-refractivity contribution in [1.82, 2.24) is 0 Å². The Kier molecular flexibility index (Phi) is 4.12. The van der Waals surface area contributed by atoms with E-state index < -0.39 is 0 Å². The Morgan fingerprint density at radius 1 is 0.812 bits per heavy atom. The summed E-state index contributed by atoms with van der Waals surface area (Å²) in [6, 6.07) is 0. The third kappa shape index (κ3) is 2.27. The van der Waals surface area contributed by atoms with Crippen molar-refractivity contribution < 1.29 is 9.53 Å². The number of hydrogen-bond acceptors (Lipinski definition) is 2. The maximum absolute atomic E-state index is 13.3. The molecule has 4 saturated carbocycles. The molecule has 2 bridgehead atoms. The fourth-order valence-electron chi connectivity index (χ4n) is 11.4. The lowest BCUT2D eigenvalue weighted by molar-refractivity contribution is -0.233. The molecule has 0 aromatic carbocycles. The van der Waals surface area contributed by atoms with E-state index in [-0.39, 0.29) is 22.9 Å². The summed E-state index contributed by atoms with van der Waals surface area (Å²) in [6.45, 7) is 17.7. The first kappa shape index (κ1) is 21.7. The summed E-state index contributed by atoms with van der Waals surface area (Å²) in [6.07, 6.45) is 16.3. The summed E-state index contributed by atoms with van der Waals surface area (Å²) in [5, 5.41) is 0. The van der Waals surface area contributed by atoms with Gasteiger partial charge in [-0.1, -0.05) is 60.6 Å². The molecule has 9 unspecified atom stereocenters. The van der Waals surface area contributed by atoms with Crippen molar-refractivity contribution in [1.29, 1.82) is 0 Å². The Balaban J connectivity index is 1.43. The molecule has 6 rings (SSSR count). The molecule has 1 aliphatic heterocycles. The molecule has 0 spiro atoms. The summed E-state index contributed by atoms with van der Waals surface area (Å²) in [7, 11) is 0. The van der Waals surface area contributed by atoms with Crippen LogP contribution in [0.3, 0.4) is 0 Å². The van der Waals surface area contributed by atoms with Crippen LogP contribution in [-0.2, 0) is 9.53 Å². The van der Waals surface area contributed by atoms with E-state index in [1.165, 1.54) is 38.5 Å². The number of esters is 1. The first-order chi connectivity index (χ1) is 14.8. The van der Waals surface area contributed by atoms with Crippen LogP contribution in [0.4, 0.5) is 0 Å². The van der Waals surface area contributed by atoms with Gasteiger partial charge in [-0.2, -0.15) is 0 Å². The van der Waals surface area contributed by atoms with Crippen molar-refractivity contribution in [3.63, 3.8) is 0 Å². The number of hydrogen-bond donors (Lipinski definition) is 0. The van der Waals surface area contributed by atoms with E-state index in [9.17, 15) is 4.79 Å². The number of ether oxygens (including phenoxy) is 1. The molecular formula is C30H46O2. The minimum absolute atomic E-state index is 0.123. The van der Waals surface area contributed by atoms with E-state index >= 15 is 0 Å². The molecule has 9 atom stereocenters. The van der Waals surface area contributed by atoms with Gasteiger partial charge >= 0.3 is 5.97 Å². The van der Waals surface area contributed by atoms with Gasteiger partial charge in [0.25, 0.3) is 0 Å². The van der Waals surface area contributed by atoms with Crippen LogP contribution >= 0.6 is 0 Å². The van der Waals surface area contributed by atoms with Gasteiger partial charge in [-0.05, 0) is 97.2 Å². The molecule has 0 aromatic rings. The lowest BCUT2D eigenvalue weighted by Crippen LogP contribution is -2.66. The fraction of sp³-hybridized carbons (Fsp3) is 0.900. The van der Waals surface area contributed by atoms with Gasteiger partial charge in [0.1, 0.15) is 6.10 Å². The highest BCUT2D eigenvalue weighted by Crippen LogP contribution is 2.77. The fourth-order valence-corrected chi connectivity index (χ4v) is 11.4. The summed E-state index contributed by atoms with van der Waals surface area (Å²) >= 11 is 0. The maximum Gasteiger partial charge on any atom is 0.312 e. The minimum atomic E-state index is -0.162. The first-order valence-corrected chi connectivity index (χ1v) is 13.7. The van der Waals surface area contributed by atoms with Gasteiger partial charge in [-0.3, -0.25) is 4.79 Å². The average molecular weight is 439 g/mol. The van der Waals surface area contributed by atoms with Gasteiger partial charge in [0.2, 0.25) is 0 Å². The van der Waals surface area contributed by atoms with Crippen molar-refractivity contribution in [2.75, 3.05) is 0 Å². The topological polar surface area (TPSA) is 26.3 Å². The molecular weight excluding hydrogens is 392 g/mol. The van der Waals surface area contributed by atoms with Crippen LogP contribution in [-0.4, -0.2) is 12.1 Å². The molecule has 1 saturated heterocycles. The van der Waals surface area contributed by atoms with Crippen molar-refractivity contribution >= 4 is 5.97 Å². The van der Waals surface area contributed by atoms with Gasteiger partial charge in [-0.25, -0.2) is 0 Å². The van der Waals surface area contributed by atoms with Crippen LogP contribution < -0.4 is 0 Å². The van der Waals surface area contributed by atoms with E-state index in [2.05, 4.69) is 60.6 Å². The zero-order chi connectivity index (χ0) is 22.9. The predicted molar refractivity (Wildman–Crippen MR) is 129 cm³/mol. The average Bonchev–Trinajstić information content (AvgIpc) is 2.95. The Bertz CT molecular complexity index is 883. The van der Waals surface area contributed by atoms with Crippen LogP contribution in [0.15, 0.2) is 12.2 Å². The zero-order valence-corrected chi connectivity index (χ0v) is 21.7. The molecule has 6 aliphatic rings. The Hall–Kier alpha value is -0.790. The minimum Gasteiger partial charge on any atom is -0.461 e. The van der Waals surface area contributed by atoms with E-state index in [0.29, 0.717) is 33.5 Å². The van der Waals surface area contributed by atoms with Crippen molar-refractivity contribution in [3.05, 3.63) is 12.2 Å². The molecule has 0 radical (unpaired) electrons. The number of rotatable bonds is 0. The van der Waals surface area contributed by atoms with Crippen LogP contribution in [0.5, 0.6) is 0 Å². The summed E-state index contributed by atoms with van der Waals surface area (Å²) < 4.78 is 6.29. The van der Waals surface area contributed by atoms with Crippen LogP contribution in [0.1, 0.15) is 106 Å². The number of carbonyl (C=O) groups excluding carboxylic acids is 1. The van der Waals surface area contributed by atoms with Gasteiger partial charge in [-0.15, -0.1) is 0 Å². The quantitative estimate of drug-likeness (QED) is 0.288. The summed E-state index contributed by atoms with van der Waals surface area (Å²) in [5.74, 6) is 2.84. The van der Waals surface area contributed by atoms with E-state index in [4.69, 9.17) is 4.74 Å². The monoisotopic (exact) mass is 438 g/mol. The molecule has 5 fully saturated rings. The van der Waals surface area contributed by atoms with Gasteiger partial charge < -0.3 is 4.74 Å². The van der Waals surface area contributed by atoms with Crippen molar-refractivity contribution in [2.24, 2.45) is 56.2 Å². The van der Waals surface area contributed by atoms with Crippen LogP contribution in [0.25, 0.3) is 0 Å². The third-order valence-corrected chi connectivity index (χ3v) is 13.3. The van der Waals surface area contributed by atoms with Gasteiger partial charge in [0.15, 0.2) is 0 Å². The normalized spacial score (nSPS) is 57.0. The highest BCUT2D eigenvalue weighted by atomic mass is 16.6. The van der Waals surface area contributed by atoms with E-state index in [1.807, 2.05) is 0 Å². The molecule has 1 heterocycles. The van der Waals surface area contributed by atoms with Gasteiger partial charge in [0, 0.05) is 11.3 Å². The smallest absolute Gasteiger partial charge is 0.312 e. The SMILES string of the molecule is CC1(C)C=CCC2(C)C1CCC1(C)C2CCC2C3C4OC(=O)C3(CCC4(C)C)CCC21C. The summed E-state index contributed by atoms with van der Waals surface area (Å²) in [5.41, 5.74) is 1.38. The third-order valence-electron chi connectivity index (χ3n) is 13.3. The number of carbonyl (C=O) groups is 1. The Morgan fingerprint density at radius 2 is 1.53 bits per heavy atom. The summed E-state index contributed by atoms with van der Waals surface area (Å²) in [4.78, 5) is 13.3. The maximum atomic E-state index is 13.3. The second kappa shape index (κ2) is 6.06. The molecule has 0 amide bonds. The highest BCUT2D eigenvalue weighted by Gasteiger charge is 2.74. The molecule has 178 valence electrons. The molecule has 2 nitrogen and oxygen atoms in total. The first-order valence-electron chi connectivity index (χ1n) is 13.7. The van der Waals surface area contributed by atoms with Crippen molar-refractivity contribution in [2.45, 2.75) is 112 Å². The Morgan fingerprint density at radius 3 is 2.28 bits per heavy atom. The largest absolute Gasteiger partial charge is 0.461 e.